The standard InChI is InChI=1S/C107H87N3O6/c1-68-26-56-89-92-59-47-83(65-98(92)104(4,5)95(89)62-68)108(77-20-14-11-15-21-77)80-41-29-71(30-42-80)101(111)114-86-50-35-74(36-51-86)107(10,75-37-52-87(53-38-75)115-102(112)72-31-43-81(44-32-72)109(78-22-16-12-17-23-78)84-48-60-93-90-57-27-69(2)63-96(90)105(6,7)99(93)66-84)76-39-54-88(55-40-76)116-103(113)73-33-45-82(46-34-73)110(79-24-18-13-19-25-79)85-49-61-94-91-58-28-70(3)64-97(91)106(8,9)100(94)67-85/h11-67H,1-10H3. The van der Waals surface area contributed by atoms with Crippen LogP contribution in [0, 0.1) is 20.8 Å². The largest absolute Gasteiger partial charge is 0.423 e. The molecule has 18 rings (SSSR count). The average Bonchev–Trinajstić information content (AvgIpc) is 1.56. The summed E-state index contributed by atoms with van der Waals surface area (Å²) < 4.78 is 18.5. The van der Waals surface area contributed by atoms with Crippen LogP contribution in [0.1, 0.15) is 146 Å². The molecule has 9 nitrogen and oxygen atoms in total. The van der Waals surface area contributed by atoms with Crippen LogP contribution in [-0.2, 0) is 21.7 Å². The number of hydrogen-bond donors (Lipinski definition) is 0. The number of fused-ring (bicyclic) bond motifs is 9. The summed E-state index contributed by atoms with van der Waals surface area (Å²) in [4.78, 5) is 49.4. The Kier molecular flexibility index (Phi) is 18.4. The first-order valence-electron chi connectivity index (χ1n) is 39.7. The minimum absolute atomic E-state index is 0.197. The summed E-state index contributed by atoms with van der Waals surface area (Å²) in [6.07, 6.45) is 0. The van der Waals surface area contributed by atoms with Gasteiger partial charge in [-0.25, -0.2) is 14.4 Å². The summed E-state index contributed by atoms with van der Waals surface area (Å²) in [5.74, 6) is -0.418. The van der Waals surface area contributed by atoms with Gasteiger partial charge in [0.05, 0.1) is 16.7 Å². The quantitative estimate of drug-likeness (QED) is 0.0473. The Morgan fingerprint density at radius 1 is 0.241 bits per heavy atom. The van der Waals surface area contributed by atoms with E-state index in [4.69, 9.17) is 14.2 Å². The van der Waals surface area contributed by atoms with E-state index in [-0.39, 0.29) is 16.2 Å². The molecule has 0 spiro atoms. The van der Waals surface area contributed by atoms with Crippen LogP contribution in [0.3, 0.4) is 0 Å². The number of benzene rings is 15. The molecule has 15 aromatic carbocycles. The summed E-state index contributed by atoms with van der Waals surface area (Å²) >= 11 is 0. The van der Waals surface area contributed by atoms with Gasteiger partial charge in [0, 0.05) is 72.8 Å². The fourth-order valence-electron chi connectivity index (χ4n) is 17.8. The molecule has 566 valence electrons. The van der Waals surface area contributed by atoms with Crippen molar-refractivity contribution in [1.82, 2.24) is 0 Å². The van der Waals surface area contributed by atoms with Gasteiger partial charge in [0.2, 0.25) is 0 Å². The molecule has 0 heterocycles. The second-order valence-electron chi connectivity index (χ2n) is 32.7. The lowest BCUT2D eigenvalue weighted by Gasteiger charge is -2.32. The molecule has 0 bridgehead atoms. The van der Waals surface area contributed by atoms with Gasteiger partial charge in [-0.15, -0.1) is 0 Å². The summed E-state index contributed by atoms with van der Waals surface area (Å²) in [5.41, 5.74) is 30.0. The van der Waals surface area contributed by atoms with Crippen LogP contribution >= 0.6 is 0 Å². The lowest BCUT2D eigenvalue weighted by molar-refractivity contribution is 0.0725. The average molecular weight is 1510 g/mol. The van der Waals surface area contributed by atoms with E-state index in [1.165, 1.54) is 83.5 Å². The topological polar surface area (TPSA) is 88.6 Å². The molecule has 15 aromatic rings. The third kappa shape index (κ3) is 13.1. The van der Waals surface area contributed by atoms with E-state index in [1.807, 2.05) is 200 Å². The molecule has 0 fully saturated rings. The Bertz CT molecular complexity index is 5720. The van der Waals surface area contributed by atoms with Crippen molar-refractivity contribution < 1.29 is 28.6 Å². The third-order valence-electron chi connectivity index (χ3n) is 24.3. The van der Waals surface area contributed by atoms with Gasteiger partial charge in [-0.1, -0.05) is 222 Å². The van der Waals surface area contributed by atoms with E-state index in [9.17, 15) is 14.4 Å². The molecule has 116 heavy (non-hydrogen) atoms. The van der Waals surface area contributed by atoms with E-state index in [1.54, 1.807) is 0 Å². The number of carbonyl (C=O) groups is 3. The Balaban J connectivity index is 0.610. The molecule has 0 saturated carbocycles. The highest BCUT2D eigenvalue weighted by molar-refractivity contribution is 5.96. The summed E-state index contributed by atoms with van der Waals surface area (Å²) in [6.45, 7) is 22.4. The number of rotatable bonds is 18. The molecule has 0 aromatic heterocycles. The number of anilines is 9. The second kappa shape index (κ2) is 28.9. The number of carbonyl (C=O) groups excluding carboxylic acids is 3. The van der Waals surface area contributed by atoms with Crippen LogP contribution in [0.25, 0.3) is 33.4 Å². The molecule has 0 unspecified atom stereocenters. The third-order valence-corrected chi connectivity index (χ3v) is 24.3. The van der Waals surface area contributed by atoms with Gasteiger partial charge < -0.3 is 28.9 Å². The van der Waals surface area contributed by atoms with Gasteiger partial charge in [-0.05, 0) is 293 Å². The molecular formula is C107H87N3O6. The van der Waals surface area contributed by atoms with Crippen molar-refractivity contribution >= 4 is 69.1 Å². The smallest absolute Gasteiger partial charge is 0.343 e. The molecule has 9 heteroatoms. The zero-order valence-corrected chi connectivity index (χ0v) is 66.7. The molecule has 3 aliphatic carbocycles. The van der Waals surface area contributed by atoms with Crippen LogP contribution in [0.15, 0.2) is 346 Å². The van der Waals surface area contributed by atoms with Gasteiger partial charge in [-0.3, -0.25) is 0 Å². The van der Waals surface area contributed by atoms with Gasteiger partial charge in [0.15, 0.2) is 0 Å². The van der Waals surface area contributed by atoms with Crippen LogP contribution in [0.5, 0.6) is 17.2 Å². The zero-order valence-electron chi connectivity index (χ0n) is 66.7. The van der Waals surface area contributed by atoms with E-state index < -0.39 is 23.3 Å². The van der Waals surface area contributed by atoms with Crippen LogP contribution < -0.4 is 28.9 Å². The number of nitrogens with zero attached hydrogens (tertiary/aromatic N) is 3. The minimum Gasteiger partial charge on any atom is -0.423 e. The predicted molar refractivity (Wildman–Crippen MR) is 470 cm³/mol. The van der Waals surface area contributed by atoms with Crippen molar-refractivity contribution in [3.63, 3.8) is 0 Å². The Morgan fingerprint density at radius 2 is 0.448 bits per heavy atom. The van der Waals surface area contributed by atoms with Crippen molar-refractivity contribution in [2.75, 3.05) is 14.7 Å². The maximum atomic E-state index is 14.2. The molecule has 0 saturated heterocycles. The molecular weight excluding hydrogens is 1420 g/mol. The van der Waals surface area contributed by atoms with Crippen LogP contribution in [0.4, 0.5) is 51.2 Å². The normalized spacial score (nSPS) is 13.4. The monoisotopic (exact) mass is 1510 g/mol. The number of aryl methyl sites for hydroxylation is 3. The minimum atomic E-state index is -0.873. The van der Waals surface area contributed by atoms with Crippen molar-refractivity contribution in [3.8, 4) is 50.6 Å². The SMILES string of the molecule is Cc1ccc2c(c1)C(C)(C)c1cc(N(c3ccccc3)c3ccc(C(=O)Oc4ccc(C(C)(c5ccc(OC(=O)c6ccc(N(c7ccccc7)c7ccc8c(c7)C(C)(C)c7cc(C)ccc7-8)cc6)cc5)c5ccc(OC(=O)c6ccc(N(c7ccccc7)c7ccc8c(c7)C(C)(C)c7cc(C)ccc7-8)cc6)cc5)cc4)cc3)ccc1-2. The van der Waals surface area contributed by atoms with E-state index >= 15 is 0 Å². The number of hydrogen-bond acceptors (Lipinski definition) is 9. The zero-order chi connectivity index (χ0) is 79.9. The predicted octanol–water partition coefficient (Wildman–Crippen LogP) is 27.0. The van der Waals surface area contributed by atoms with Gasteiger partial charge >= 0.3 is 17.9 Å². The molecule has 0 aliphatic heterocycles. The van der Waals surface area contributed by atoms with Gasteiger partial charge in [0.25, 0.3) is 0 Å². The summed E-state index contributed by atoms with van der Waals surface area (Å²) in [7, 11) is 0. The first kappa shape index (κ1) is 73.6. The highest BCUT2D eigenvalue weighted by Crippen LogP contribution is 2.55. The van der Waals surface area contributed by atoms with Crippen molar-refractivity contribution in [2.24, 2.45) is 0 Å². The summed E-state index contributed by atoms with van der Waals surface area (Å²) in [5, 5.41) is 0. The van der Waals surface area contributed by atoms with E-state index in [2.05, 4.69) is 230 Å². The molecule has 0 amide bonds. The number of ether oxygens (including phenoxy) is 3. The lowest BCUT2D eigenvalue weighted by atomic mass is 9.71. The Labute approximate surface area is 679 Å². The van der Waals surface area contributed by atoms with Crippen LogP contribution in [0.2, 0.25) is 0 Å². The van der Waals surface area contributed by atoms with Crippen molar-refractivity contribution in [3.05, 3.63) is 429 Å². The van der Waals surface area contributed by atoms with E-state index in [0.29, 0.717) is 33.9 Å². The highest BCUT2D eigenvalue weighted by Gasteiger charge is 2.40. The summed E-state index contributed by atoms with van der Waals surface area (Å²) in [6, 6.07) is 117. The number of esters is 3. The van der Waals surface area contributed by atoms with Gasteiger partial charge in [-0.2, -0.15) is 0 Å². The van der Waals surface area contributed by atoms with Crippen LogP contribution in [-0.4, -0.2) is 17.9 Å². The first-order valence-corrected chi connectivity index (χ1v) is 39.7. The molecule has 0 atom stereocenters. The fraction of sp³-hybridized carbons (Fsp3) is 0.131. The van der Waals surface area contributed by atoms with Crippen molar-refractivity contribution in [1.29, 1.82) is 0 Å². The second-order valence-corrected chi connectivity index (χ2v) is 32.7. The molecule has 0 N–H and O–H groups in total. The lowest BCUT2D eigenvalue weighted by Crippen LogP contribution is -2.25. The number of para-hydroxylation sites is 3. The first-order chi connectivity index (χ1) is 56.1. The maximum Gasteiger partial charge on any atom is 0.343 e. The van der Waals surface area contributed by atoms with Gasteiger partial charge in [0.1, 0.15) is 17.2 Å². The van der Waals surface area contributed by atoms with E-state index in [0.717, 1.165) is 67.9 Å². The molecule has 3 aliphatic rings. The van der Waals surface area contributed by atoms with Crippen molar-refractivity contribution in [2.45, 2.75) is 90.9 Å². The fourth-order valence-corrected chi connectivity index (χ4v) is 17.8. The Morgan fingerprint density at radius 3 is 0.690 bits per heavy atom. The molecule has 0 radical (unpaired) electrons. The maximum absolute atomic E-state index is 14.2. The Hall–Kier alpha value is -13.9. The highest BCUT2D eigenvalue weighted by atomic mass is 16.5.